The minimum Gasteiger partial charge on any atom is -0.346 e. The number of carbonyl (C=O) groups is 1. The third kappa shape index (κ3) is 2.86. The summed E-state index contributed by atoms with van der Waals surface area (Å²) in [5, 5.41) is 10.1. The lowest BCUT2D eigenvalue weighted by atomic mass is 9.78. The molecule has 1 amide bonds. The predicted molar refractivity (Wildman–Crippen MR) is 76.4 cm³/mol. The van der Waals surface area contributed by atoms with Crippen LogP contribution in [0.5, 0.6) is 0 Å². The smallest absolute Gasteiger partial charge is 0.291 e. The number of amides is 1. The zero-order valence-electron chi connectivity index (χ0n) is 12.4. The van der Waals surface area contributed by atoms with Gasteiger partial charge in [-0.05, 0) is 37.5 Å². The molecule has 5 nitrogen and oxygen atoms in total. The first-order valence-electron chi connectivity index (χ1n) is 7.88. The van der Waals surface area contributed by atoms with E-state index in [2.05, 4.69) is 34.3 Å². The first-order chi connectivity index (χ1) is 9.65. The fourth-order valence-corrected chi connectivity index (χ4v) is 3.28. The lowest BCUT2D eigenvalue weighted by Crippen LogP contribution is -2.44. The maximum absolute atomic E-state index is 12.3. The van der Waals surface area contributed by atoms with Gasteiger partial charge in [0.05, 0.1) is 0 Å². The van der Waals surface area contributed by atoms with Crippen molar-refractivity contribution in [2.75, 3.05) is 0 Å². The van der Waals surface area contributed by atoms with Crippen molar-refractivity contribution in [1.82, 2.24) is 20.5 Å². The highest BCUT2D eigenvalue weighted by Gasteiger charge is 2.31. The van der Waals surface area contributed by atoms with Crippen LogP contribution in [0.1, 0.15) is 74.7 Å². The quantitative estimate of drug-likeness (QED) is 0.888. The molecule has 2 aliphatic rings. The Morgan fingerprint density at radius 1 is 1.25 bits per heavy atom. The standard InChI is InChI=1S/C15H24N4O/c1-9(2)11-5-3-4-6-12(11)16-15(20)14-17-13(18-19-14)10-7-8-10/h9-12H,3-8H2,1-2H3,(H,16,20)(H,17,18,19). The largest absolute Gasteiger partial charge is 0.346 e. The van der Waals surface area contributed by atoms with Gasteiger partial charge in [0.15, 0.2) is 0 Å². The molecule has 20 heavy (non-hydrogen) atoms. The molecule has 2 unspecified atom stereocenters. The van der Waals surface area contributed by atoms with E-state index in [0.29, 0.717) is 23.6 Å². The molecule has 2 N–H and O–H groups in total. The van der Waals surface area contributed by atoms with Crippen molar-refractivity contribution in [3.63, 3.8) is 0 Å². The van der Waals surface area contributed by atoms with Gasteiger partial charge in [-0.3, -0.25) is 9.89 Å². The lowest BCUT2D eigenvalue weighted by Gasteiger charge is -2.34. The number of hydrogen-bond acceptors (Lipinski definition) is 3. The molecule has 0 bridgehead atoms. The Morgan fingerprint density at radius 3 is 2.70 bits per heavy atom. The Labute approximate surface area is 119 Å². The molecule has 110 valence electrons. The molecule has 2 atom stereocenters. The van der Waals surface area contributed by atoms with Crippen LogP contribution < -0.4 is 5.32 Å². The average molecular weight is 276 g/mol. The predicted octanol–water partition coefficient (Wildman–Crippen LogP) is 2.63. The second-order valence-corrected chi connectivity index (χ2v) is 6.59. The van der Waals surface area contributed by atoms with Gasteiger partial charge in [0.25, 0.3) is 5.91 Å². The zero-order chi connectivity index (χ0) is 14.1. The summed E-state index contributed by atoms with van der Waals surface area (Å²) in [7, 11) is 0. The van der Waals surface area contributed by atoms with E-state index in [1.54, 1.807) is 0 Å². The van der Waals surface area contributed by atoms with E-state index in [0.717, 1.165) is 25.1 Å². The van der Waals surface area contributed by atoms with Gasteiger partial charge in [0, 0.05) is 12.0 Å². The summed E-state index contributed by atoms with van der Waals surface area (Å²) >= 11 is 0. The van der Waals surface area contributed by atoms with Gasteiger partial charge in [-0.15, -0.1) is 5.10 Å². The van der Waals surface area contributed by atoms with Crippen molar-refractivity contribution >= 4 is 5.91 Å². The Morgan fingerprint density at radius 2 is 2.00 bits per heavy atom. The molecular weight excluding hydrogens is 252 g/mol. The molecule has 2 saturated carbocycles. The highest BCUT2D eigenvalue weighted by atomic mass is 16.2. The molecule has 3 rings (SSSR count). The number of hydrogen-bond donors (Lipinski definition) is 2. The van der Waals surface area contributed by atoms with Crippen LogP contribution in [0.2, 0.25) is 0 Å². The number of H-pyrrole nitrogens is 1. The van der Waals surface area contributed by atoms with E-state index < -0.39 is 0 Å². The maximum Gasteiger partial charge on any atom is 0.291 e. The first-order valence-corrected chi connectivity index (χ1v) is 7.88. The number of carbonyl (C=O) groups excluding carboxylic acids is 1. The third-order valence-corrected chi connectivity index (χ3v) is 4.66. The van der Waals surface area contributed by atoms with Gasteiger partial charge in [0.1, 0.15) is 5.82 Å². The lowest BCUT2D eigenvalue weighted by molar-refractivity contribution is 0.0879. The van der Waals surface area contributed by atoms with E-state index in [1.807, 2.05) is 0 Å². The highest BCUT2D eigenvalue weighted by molar-refractivity contribution is 5.90. The topological polar surface area (TPSA) is 70.7 Å². The molecule has 2 aliphatic carbocycles. The third-order valence-electron chi connectivity index (χ3n) is 4.66. The SMILES string of the molecule is CC(C)C1CCCCC1NC(=O)c1n[nH]c(C2CC2)n1. The molecule has 1 heterocycles. The van der Waals surface area contributed by atoms with Crippen molar-refractivity contribution in [2.24, 2.45) is 11.8 Å². The molecular formula is C15H24N4O. The summed E-state index contributed by atoms with van der Waals surface area (Å²) in [6, 6.07) is 0.277. The van der Waals surface area contributed by atoms with E-state index in [9.17, 15) is 4.79 Å². The second-order valence-electron chi connectivity index (χ2n) is 6.59. The van der Waals surface area contributed by atoms with Crippen LogP contribution in [0.3, 0.4) is 0 Å². The average Bonchev–Trinajstić information content (AvgIpc) is 3.16. The van der Waals surface area contributed by atoms with Crippen molar-refractivity contribution in [3.8, 4) is 0 Å². The maximum atomic E-state index is 12.3. The number of aromatic amines is 1. The summed E-state index contributed by atoms with van der Waals surface area (Å²) in [5.74, 6) is 2.75. The van der Waals surface area contributed by atoms with Gasteiger partial charge in [0.2, 0.25) is 5.82 Å². The van der Waals surface area contributed by atoms with Gasteiger partial charge >= 0.3 is 0 Å². The van der Waals surface area contributed by atoms with Crippen LogP contribution in [0.25, 0.3) is 0 Å². The van der Waals surface area contributed by atoms with Crippen molar-refractivity contribution in [2.45, 2.75) is 64.3 Å². The summed E-state index contributed by atoms with van der Waals surface area (Å²) in [6.07, 6.45) is 7.10. The fourth-order valence-electron chi connectivity index (χ4n) is 3.28. The van der Waals surface area contributed by atoms with Crippen LogP contribution >= 0.6 is 0 Å². The van der Waals surface area contributed by atoms with Crippen LogP contribution in [0.15, 0.2) is 0 Å². The van der Waals surface area contributed by atoms with Gasteiger partial charge < -0.3 is 5.32 Å². The number of nitrogens with zero attached hydrogens (tertiary/aromatic N) is 2. The molecule has 0 radical (unpaired) electrons. The van der Waals surface area contributed by atoms with Gasteiger partial charge in [-0.1, -0.05) is 26.7 Å². The molecule has 0 spiro atoms. The van der Waals surface area contributed by atoms with Crippen LogP contribution in [0.4, 0.5) is 0 Å². The van der Waals surface area contributed by atoms with Crippen molar-refractivity contribution in [3.05, 3.63) is 11.6 Å². The van der Waals surface area contributed by atoms with Gasteiger partial charge in [-0.25, -0.2) is 4.98 Å². The van der Waals surface area contributed by atoms with E-state index >= 15 is 0 Å². The van der Waals surface area contributed by atoms with Crippen LogP contribution in [-0.2, 0) is 0 Å². The number of aromatic nitrogens is 3. The zero-order valence-corrected chi connectivity index (χ0v) is 12.4. The fraction of sp³-hybridized carbons (Fsp3) is 0.800. The molecule has 1 aromatic heterocycles. The summed E-state index contributed by atoms with van der Waals surface area (Å²) in [6.45, 7) is 4.49. The Bertz CT molecular complexity index is 478. The van der Waals surface area contributed by atoms with Crippen molar-refractivity contribution in [1.29, 1.82) is 0 Å². The molecule has 0 aliphatic heterocycles. The molecule has 2 fully saturated rings. The Balaban J connectivity index is 1.64. The Kier molecular flexibility index (Phi) is 3.76. The second kappa shape index (κ2) is 5.54. The molecule has 5 heteroatoms. The molecule has 0 aromatic carbocycles. The molecule has 1 aromatic rings. The first kappa shape index (κ1) is 13.6. The van der Waals surface area contributed by atoms with Crippen LogP contribution in [-0.4, -0.2) is 27.1 Å². The number of rotatable bonds is 4. The van der Waals surface area contributed by atoms with E-state index in [4.69, 9.17) is 0 Å². The van der Waals surface area contributed by atoms with Crippen molar-refractivity contribution < 1.29 is 4.79 Å². The van der Waals surface area contributed by atoms with Gasteiger partial charge in [-0.2, -0.15) is 0 Å². The summed E-state index contributed by atoms with van der Waals surface area (Å²) in [4.78, 5) is 16.6. The Hall–Kier alpha value is -1.39. The minimum absolute atomic E-state index is 0.120. The monoisotopic (exact) mass is 276 g/mol. The van der Waals surface area contributed by atoms with Crippen LogP contribution in [0, 0.1) is 11.8 Å². The normalized spacial score (nSPS) is 26.8. The minimum atomic E-state index is -0.120. The van der Waals surface area contributed by atoms with E-state index in [-0.39, 0.29) is 11.9 Å². The molecule has 0 saturated heterocycles. The van der Waals surface area contributed by atoms with E-state index in [1.165, 1.54) is 19.3 Å². The summed E-state index contributed by atoms with van der Waals surface area (Å²) < 4.78 is 0. The number of nitrogens with one attached hydrogen (secondary N) is 2. The summed E-state index contributed by atoms with van der Waals surface area (Å²) in [5.41, 5.74) is 0. The highest BCUT2D eigenvalue weighted by Crippen LogP contribution is 2.37.